The number of unbranched alkanes of at least 4 members (excludes halogenated alkanes) is 1. The Bertz CT molecular complexity index is 262. The van der Waals surface area contributed by atoms with Crippen LogP contribution < -0.4 is 34.1 Å². The van der Waals surface area contributed by atoms with Crippen LogP contribution in [0.1, 0.15) is 26.2 Å². The van der Waals surface area contributed by atoms with Gasteiger partial charge in [0, 0.05) is 12.1 Å². The highest BCUT2D eigenvalue weighted by atomic mass is 127. The number of pyridine rings is 1. The van der Waals surface area contributed by atoms with E-state index in [1.54, 1.807) is 0 Å². The topological polar surface area (TPSA) is 15.9 Å². The Labute approximate surface area is 109 Å². The molecule has 1 heterocycles. The molecule has 0 spiro atoms. The number of hydrogen-bond donors (Lipinski definition) is 1. The van der Waals surface area contributed by atoms with Crippen LogP contribution in [-0.2, 0) is 0 Å². The van der Waals surface area contributed by atoms with Crippen LogP contribution in [0, 0.1) is 0 Å². The highest BCUT2D eigenvalue weighted by molar-refractivity contribution is 4.91. The Kier molecular flexibility index (Phi) is 8.37. The molecule has 1 unspecified atom stereocenters. The number of nitrogens with zero attached hydrogens (tertiary/aromatic N) is 1. The van der Waals surface area contributed by atoms with Gasteiger partial charge in [-0.15, -0.1) is 6.58 Å². The van der Waals surface area contributed by atoms with Gasteiger partial charge >= 0.3 is 0 Å². The van der Waals surface area contributed by atoms with E-state index < -0.39 is 0 Å². The van der Waals surface area contributed by atoms with Gasteiger partial charge in [-0.3, -0.25) is 0 Å². The lowest BCUT2D eigenvalue weighted by molar-refractivity contribution is -0.652. The van der Waals surface area contributed by atoms with Crippen LogP contribution in [0.2, 0.25) is 0 Å². The van der Waals surface area contributed by atoms with Gasteiger partial charge in [0.15, 0.2) is 12.4 Å². The molecular weight excluding hydrogens is 299 g/mol. The summed E-state index contributed by atoms with van der Waals surface area (Å²) in [6.07, 6.45) is 9.57. The summed E-state index contributed by atoms with van der Waals surface area (Å²) >= 11 is 0. The number of hydrogen-bond acceptors (Lipinski definition) is 1. The van der Waals surface area contributed by atoms with Crippen molar-refractivity contribution in [3.8, 4) is 0 Å². The molecule has 2 nitrogen and oxygen atoms in total. The van der Waals surface area contributed by atoms with Crippen molar-refractivity contribution >= 4 is 0 Å². The zero-order valence-electron chi connectivity index (χ0n) is 9.20. The predicted octanol–water partition coefficient (Wildman–Crippen LogP) is -0.734. The van der Waals surface area contributed by atoms with Crippen molar-refractivity contribution in [1.29, 1.82) is 0 Å². The molecular formula is C12H19IN2. The van der Waals surface area contributed by atoms with Gasteiger partial charge in [0.05, 0.1) is 6.04 Å². The summed E-state index contributed by atoms with van der Waals surface area (Å²) in [7, 11) is 0. The van der Waals surface area contributed by atoms with E-state index in [1.807, 2.05) is 41.3 Å². The lowest BCUT2D eigenvalue weighted by Crippen LogP contribution is -3.00. The average molecular weight is 318 g/mol. The van der Waals surface area contributed by atoms with Crippen LogP contribution in [0.5, 0.6) is 0 Å². The van der Waals surface area contributed by atoms with Gasteiger partial charge in [-0.25, -0.2) is 0 Å². The molecule has 0 aliphatic rings. The van der Waals surface area contributed by atoms with Crippen molar-refractivity contribution in [3.63, 3.8) is 0 Å². The summed E-state index contributed by atoms with van der Waals surface area (Å²) < 4.78 is 1.97. The zero-order valence-corrected chi connectivity index (χ0v) is 11.4. The second kappa shape index (κ2) is 8.71. The molecule has 0 aromatic carbocycles. The molecule has 0 aliphatic carbocycles. The van der Waals surface area contributed by atoms with Gasteiger partial charge in [-0.1, -0.05) is 36.6 Å². The molecule has 0 fully saturated rings. The van der Waals surface area contributed by atoms with E-state index in [-0.39, 0.29) is 24.0 Å². The molecule has 0 saturated carbocycles. The minimum atomic E-state index is 0. The molecule has 84 valence electrons. The van der Waals surface area contributed by atoms with Crippen LogP contribution in [0.3, 0.4) is 0 Å². The van der Waals surface area contributed by atoms with E-state index >= 15 is 0 Å². The number of aromatic nitrogens is 1. The van der Waals surface area contributed by atoms with Crippen molar-refractivity contribution in [3.05, 3.63) is 43.2 Å². The van der Waals surface area contributed by atoms with Gasteiger partial charge in [0.1, 0.15) is 0 Å². The quantitative estimate of drug-likeness (QED) is 0.415. The third kappa shape index (κ3) is 5.77. The molecule has 0 bridgehead atoms. The maximum atomic E-state index is 3.83. The number of nitrogens with one attached hydrogen (secondary N) is 1. The van der Waals surface area contributed by atoms with Crippen LogP contribution in [0.25, 0.3) is 0 Å². The molecule has 1 atom stereocenters. The van der Waals surface area contributed by atoms with Crippen LogP contribution >= 0.6 is 0 Å². The second-order valence-electron chi connectivity index (χ2n) is 3.40. The molecule has 0 radical (unpaired) electrons. The van der Waals surface area contributed by atoms with Crippen LogP contribution in [0.4, 0.5) is 0 Å². The number of halogens is 1. The highest BCUT2D eigenvalue weighted by Crippen LogP contribution is 2.00. The second-order valence-corrected chi connectivity index (χ2v) is 3.40. The summed E-state index contributed by atoms with van der Waals surface area (Å²) in [5.74, 6) is 0. The molecule has 15 heavy (non-hydrogen) atoms. The van der Waals surface area contributed by atoms with E-state index in [2.05, 4.69) is 18.9 Å². The minimum Gasteiger partial charge on any atom is -1.00 e. The third-order valence-corrected chi connectivity index (χ3v) is 2.18. The third-order valence-electron chi connectivity index (χ3n) is 2.18. The van der Waals surface area contributed by atoms with E-state index in [0.29, 0.717) is 6.04 Å². The van der Waals surface area contributed by atoms with Gasteiger partial charge < -0.3 is 24.0 Å². The van der Waals surface area contributed by atoms with Crippen molar-refractivity contribution in [2.75, 3.05) is 5.43 Å². The lowest BCUT2D eigenvalue weighted by Gasteiger charge is -2.09. The Morgan fingerprint density at radius 3 is 2.53 bits per heavy atom. The summed E-state index contributed by atoms with van der Waals surface area (Å²) in [6, 6.07) is 6.38. The zero-order chi connectivity index (χ0) is 10.2. The standard InChI is InChI=1S/C12H19N2.HI/c1-3-5-9-12(4-2)13-14-10-7-6-8-11-14;/h4,6-8,10-13H,2-3,5,9H2,1H3;1H/q+1;/p-1. The monoisotopic (exact) mass is 318 g/mol. The minimum absolute atomic E-state index is 0. The van der Waals surface area contributed by atoms with Crippen LogP contribution in [0.15, 0.2) is 43.2 Å². The SMILES string of the molecule is C=CC(CCCC)N[n+]1ccccc1.[I-]. The van der Waals surface area contributed by atoms with Gasteiger partial charge in [0.25, 0.3) is 0 Å². The summed E-state index contributed by atoms with van der Waals surface area (Å²) in [5.41, 5.74) is 3.36. The smallest absolute Gasteiger partial charge is 0.199 e. The average Bonchev–Trinajstić information content (AvgIpc) is 2.25. The molecule has 0 saturated heterocycles. The Morgan fingerprint density at radius 1 is 1.33 bits per heavy atom. The maximum absolute atomic E-state index is 3.83. The first kappa shape index (κ1) is 14.4. The Balaban J connectivity index is 0.00000196. The first-order valence-corrected chi connectivity index (χ1v) is 5.22. The fourth-order valence-electron chi connectivity index (χ4n) is 1.34. The summed E-state index contributed by atoms with van der Waals surface area (Å²) in [5, 5.41) is 0. The van der Waals surface area contributed by atoms with Gasteiger partial charge in [-0.2, -0.15) is 5.43 Å². The van der Waals surface area contributed by atoms with Crippen molar-refractivity contribution < 1.29 is 28.7 Å². The first-order valence-electron chi connectivity index (χ1n) is 5.22. The maximum Gasteiger partial charge on any atom is 0.199 e. The summed E-state index contributed by atoms with van der Waals surface area (Å²) in [4.78, 5) is 0. The summed E-state index contributed by atoms with van der Waals surface area (Å²) in [6.45, 7) is 6.04. The van der Waals surface area contributed by atoms with E-state index in [0.717, 1.165) is 6.42 Å². The van der Waals surface area contributed by atoms with Crippen molar-refractivity contribution in [1.82, 2.24) is 0 Å². The van der Waals surface area contributed by atoms with E-state index in [1.165, 1.54) is 12.8 Å². The highest BCUT2D eigenvalue weighted by Gasteiger charge is 2.06. The van der Waals surface area contributed by atoms with Gasteiger partial charge in [0.2, 0.25) is 0 Å². The van der Waals surface area contributed by atoms with E-state index in [9.17, 15) is 0 Å². The Morgan fingerprint density at radius 2 is 2.00 bits per heavy atom. The molecule has 1 aromatic rings. The fourth-order valence-corrected chi connectivity index (χ4v) is 1.34. The molecule has 1 rings (SSSR count). The molecule has 0 amide bonds. The predicted molar refractivity (Wildman–Crippen MR) is 59.5 cm³/mol. The molecule has 1 N–H and O–H groups in total. The lowest BCUT2D eigenvalue weighted by atomic mass is 10.1. The molecule has 3 heteroatoms. The number of rotatable bonds is 6. The first-order chi connectivity index (χ1) is 6.86. The van der Waals surface area contributed by atoms with Crippen molar-refractivity contribution in [2.24, 2.45) is 0 Å². The van der Waals surface area contributed by atoms with Crippen LogP contribution in [-0.4, -0.2) is 6.04 Å². The van der Waals surface area contributed by atoms with Gasteiger partial charge in [-0.05, 0) is 6.42 Å². The molecule has 1 aromatic heterocycles. The van der Waals surface area contributed by atoms with E-state index in [4.69, 9.17) is 0 Å². The molecule has 0 aliphatic heterocycles. The Hall–Kier alpha value is -0.580. The fraction of sp³-hybridized carbons (Fsp3) is 0.417. The normalized spacial score (nSPS) is 11.3. The van der Waals surface area contributed by atoms with Crippen molar-refractivity contribution in [2.45, 2.75) is 32.2 Å². The largest absolute Gasteiger partial charge is 1.00 e.